The summed E-state index contributed by atoms with van der Waals surface area (Å²) in [7, 11) is 0. The number of carbonyl (C=O) groups is 3. The Bertz CT molecular complexity index is 754. The van der Waals surface area contributed by atoms with Crippen molar-refractivity contribution < 1.29 is 14.4 Å². The molecule has 1 fully saturated rings. The standard InChI is InChI=1S/C18H16N2O3/c1-2-19-16(21)17(22)20(18(19)23)12-13-8-10-15(11-9-13)14-6-4-3-5-7-14/h3-11H,2,12H2,1H3. The number of hydrogen-bond donors (Lipinski definition) is 0. The van der Waals surface area contributed by atoms with Crippen LogP contribution in [-0.4, -0.2) is 34.2 Å². The normalized spacial score (nSPS) is 14.7. The molecule has 0 saturated carbocycles. The number of imide groups is 2. The monoisotopic (exact) mass is 308 g/mol. The van der Waals surface area contributed by atoms with E-state index in [1.165, 1.54) is 0 Å². The molecule has 0 radical (unpaired) electrons. The molecule has 1 aliphatic heterocycles. The first kappa shape index (κ1) is 15.0. The predicted molar refractivity (Wildman–Crippen MR) is 85.2 cm³/mol. The third-order valence-corrected chi connectivity index (χ3v) is 3.85. The van der Waals surface area contributed by atoms with Crippen LogP contribution in [0.1, 0.15) is 12.5 Å². The minimum absolute atomic E-state index is 0.106. The minimum Gasteiger partial charge on any atom is -0.263 e. The minimum atomic E-state index is -0.760. The van der Waals surface area contributed by atoms with Crippen molar-refractivity contribution in [3.63, 3.8) is 0 Å². The Labute approximate surface area is 134 Å². The molecule has 0 unspecified atom stereocenters. The number of benzene rings is 2. The molecule has 2 aromatic carbocycles. The van der Waals surface area contributed by atoms with E-state index in [1.54, 1.807) is 6.92 Å². The summed E-state index contributed by atoms with van der Waals surface area (Å²) in [4.78, 5) is 37.6. The lowest BCUT2D eigenvalue weighted by Crippen LogP contribution is -2.32. The molecule has 0 atom stereocenters. The van der Waals surface area contributed by atoms with Crippen molar-refractivity contribution in [1.82, 2.24) is 9.80 Å². The van der Waals surface area contributed by atoms with Crippen LogP contribution in [0.15, 0.2) is 54.6 Å². The molecule has 1 heterocycles. The molecule has 1 aliphatic rings. The van der Waals surface area contributed by atoms with Gasteiger partial charge in [0, 0.05) is 6.54 Å². The number of nitrogens with zero attached hydrogens (tertiary/aromatic N) is 2. The zero-order chi connectivity index (χ0) is 16.4. The molecule has 23 heavy (non-hydrogen) atoms. The van der Waals surface area contributed by atoms with Crippen LogP contribution >= 0.6 is 0 Å². The Morgan fingerprint density at radius 3 is 1.87 bits per heavy atom. The molecule has 0 spiro atoms. The van der Waals surface area contributed by atoms with Crippen LogP contribution in [0.25, 0.3) is 11.1 Å². The van der Waals surface area contributed by atoms with E-state index < -0.39 is 17.8 Å². The third kappa shape index (κ3) is 2.73. The number of urea groups is 1. The van der Waals surface area contributed by atoms with Crippen LogP contribution in [0.5, 0.6) is 0 Å². The van der Waals surface area contributed by atoms with Crippen LogP contribution in [0.4, 0.5) is 4.79 Å². The van der Waals surface area contributed by atoms with Crippen LogP contribution < -0.4 is 0 Å². The Balaban J connectivity index is 1.78. The highest BCUT2D eigenvalue weighted by Crippen LogP contribution is 2.21. The average molecular weight is 308 g/mol. The summed E-state index contributed by atoms with van der Waals surface area (Å²) in [6, 6.07) is 17.0. The van der Waals surface area contributed by atoms with Gasteiger partial charge >= 0.3 is 17.8 Å². The second-order valence-electron chi connectivity index (χ2n) is 5.29. The van der Waals surface area contributed by atoms with Crippen molar-refractivity contribution in [1.29, 1.82) is 0 Å². The van der Waals surface area contributed by atoms with E-state index in [2.05, 4.69) is 0 Å². The smallest absolute Gasteiger partial charge is 0.263 e. The molecule has 0 aromatic heterocycles. The highest BCUT2D eigenvalue weighted by Gasteiger charge is 2.43. The maximum absolute atomic E-state index is 12.1. The molecule has 2 aromatic rings. The van der Waals surface area contributed by atoms with Gasteiger partial charge in [-0.05, 0) is 23.6 Å². The van der Waals surface area contributed by atoms with Crippen molar-refractivity contribution in [3.8, 4) is 11.1 Å². The van der Waals surface area contributed by atoms with Gasteiger partial charge in [0.2, 0.25) is 0 Å². The van der Waals surface area contributed by atoms with E-state index in [0.29, 0.717) is 0 Å². The third-order valence-electron chi connectivity index (χ3n) is 3.85. The first-order valence-electron chi connectivity index (χ1n) is 7.43. The summed E-state index contributed by atoms with van der Waals surface area (Å²) in [6.45, 7) is 1.98. The van der Waals surface area contributed by atoms with Gasteiger partial charge in [0.25, 0.3) is 0 Å². The molecule has 5 nitrogen and oxygen atoms in total. The fourth-order valence-electron chi connectivity index (χ4n) is 2.58. The van der Waals surface area contributed by atoms with Gasteiger partial charge < -0.3 is 0 Å². The van der Waals surface area contributed by atoms with E-state index >= 15 is 0 Å². The van der Waals surface area contributed by atoms with E-state index in [4.69, 9.17) is 0 Å². The summed E-state index contributed by atoms with van der Waals surface area (Å²) >= 11 is 0. The average Bonchev–Trinajstić information content (AvgIpc) is 2.79. The maximum atomic E-state index is 12.1. The van der Waals surface area contributed by atoms with Crippen LogP contribution in [-0.2, 0) is 16.1 Å². The van der Waals surface area contributed by atoms with Crippen molar-refractivity contribution in [2.45, 2.75) is 13.5 Å². The Kier molecular flexibility index (Phi) is 3.93. The molecule has 0 aliphatic carbocycles. The van der Waals surface area contributed by atoms with Crippen LogP contribution in [0.2, 0.25) is 0 Å². The van der Waals surface area contributed by atoms with Crippen molar-refractivity contribution in [3.05, 3.63) is 60.2 Å². The molecular weight excluding hydrogens is 292 g/mol. The molecule has 1 saturated heterocycles. The second kappa shape index (κ2) is 6.04. The number of likely N-dealkylation sites (N-methyl/N-ethyl adjacent to an activating group) is 1. The van der Waals surface area contributed by atoms with Gasteiger partial charge in [-0.2, -0.15) is 0 Å². The van der Waals surface area contributed by atoms with Crippen molar-refractivity contribution in [2.24, 2.45) is 0 Å². The number of hydrogen-bond acceptors (Lipinski definition) is 3. The number of rotatable bonds is 4. The molecule has 116 valence electrons. The topological polar surface area (TPSA) is 57.7 Å². The second-order valence-corrected chi connectivity index (χ2v) is 5.29. The highest BCUT2D eigenvalue weighted by atomic mass is 16.2. The van der Waals surface area contributed by atoms with Gasteiger partial charge in [0.05, 0.1) is 6.54 Å². The maximum Gasteiger partial charge on any atom is 0.334 e. The zero-order valence-electron chi connectivity index (χ0n) is 12.7. The Morgan fingerprint density at radius 2 is 1.30 bits per heavy atom. The van der Waals surface area contributed by atoms with Crippen LogP contribution in [0, 0.1) is 0 Å². The summed E-state index contributed by atoms with van der Waals surface area (Å²) in [6.07, 6.45) is 0. The number of carbonyl (C=O) groups excluding carboxylic acids is 3. The predicted octanol–water partition coefficient (Wildman–Crippen LogP) is 2.66. The largest absolute Gasteiger partial charge is 0.334 e. The fraction of sp³-hybridized carbons (Fsp3) is 0.167. The van der Waals surface area contributed by atoms with Gasteiger partial charge in [0.15, 0.2) is 0 Å². The van der Waals surface area contributed by atoms with Gasteiger partial charge in [-0.1, -0.05) is 54.6 Å². The summed E-state index contributed by atoms with van der Waals surface area (Å²) in [5, 5.41) is 0. The molecule has 0 bridgehead atoms. The molecular formula is C18H16N2O3. The lowest BCUT2D eigenvalue weighted by molar-refractivity contribution is -0.143. The lowest BCUT2D eigenvalue weighted by atomic mass is 10.0. The Hall–Kier alpha value is -2.95. The summed E-state index contributed by atoms with van der Waals surface area (Å²) in [5.41, 5.74) is 2.96. The van der Waals surface area contributed by atoms with E-state index in [9.17, 15) is 14.4 Å². The van der Waals surface area contributed by atoms with Crippen molar-refractivity contribution >= 4 is 17.8 Å². The first-order valence-corrected chi connectivity index (χ1v) is 7.43. The van der Waals surface area contributed by atoms with Gasteiger partial charge in [0.1, 0.15) is 0 Å². The van der Waals surface area contributed by atoms with Gasteiger partial charge in [-0.3, -0.25) is 19.4 Å². The lowest BCUT2D eigenvalue weighted by Gasteiger charge is -2.14. The number of amides is 4. The van der Waals surface area contributed by atoms with Crippen molar-refractivity contribution in [2.75, 3.05) is 6.54 Å². The van der Waals surface area contributed by atoms with E-state index in [-0.39, 0.29) is 13.1 Å². The van der Waals surface area contributed by atoms with Gasteiger partial charge in [-0.25, -0.2) is 4.79 Å². The van der Waals surface area contributed by atoms with Gasteiger partial charge in [-0.15, -0.1) is 0 Å². The quantitative estimate of drug-likeness (QED) is 0.644. The highest BCUT2D eigenvalue weighted by molar-refractivity contribution is 6.44. The first-order chi connectivity index (χ1) is 11.1. The summed E-state index contributed by atoms with van der Waals surface area (Å²) < 4.78 is 0. The molecule has 0 N–H and O–H groups in total. The molecule has 4 amide bonds. The zero-order valence-corrected chi connectivity index (χ0v) is 12.7. The molecule has 3 rings (SSSR count). The fourth-order valence-corrected chi connectivity index (χ4v) is 2.58. The van der Waals surface area contributed by atoms with Crippen LogP contribution in [0.3, 0.4) is 0 Å². The summed E-state index contributed by atoms with van der Waals surface area (Å²) in [5.74, 6) is -1.51. The molecule has 5 heteroatoms. The van der Waals surface area contributed by atoms with E-state index in [1.807, 2.05) is 54.6 Å². The van der Waals surface area contributed by atoms with E-state index in [0.717, 1.165) is 26.5 Å². The Morgan fingerprint density at radius 1 is 0.739 bits per heavy atom. The SMILES string of the molecule is CCN1C(=O)C(=O)N(Cc2ccc(-c3ccccc3)cc2)C1=O.